The zero-order valence-corrected chi connectivity index (χ0v) is 14.8. The zero-order valence-electron chi connectivity index (χ0n) is 14.0. The molecule has 0 radical (unpaired) electrons. The van der Waals surface area contributed by atoms with Crippen LogP contribution < -0.4 is 5.32 Å². The maximum absolute atomic E-state index is 12.1. The van der Waals surface area contributed by atoms with Crippen LogP contribution in [0.2, 0.25) is 0 Å². The van der Waals surface area contributed by atoms with E-state index < -0.39 is 0 Å². The topological polar surface area (TPSA) is 68.0 Å². The number of aromatic nitrogens is 2. The summed E-state index contributed by atoms with van der Waals surface area (Å²) in [5.41, 5.74) is 0. The minimum Gasteiger partial charge on any atom is -0.353 e. The number of nitrogens with zero attached hydrogens (tertiary/aromatic N) is 2. The third-order valence-corrected chi connectivity index (χ3v) is 6.14. The summed E-state index contributed by atoms with van der Waals surface area (Å²) in [6, 6.07) is 4.68. The Morgan fingerprint density at radius 2 is 2.12 bits per heavy atom. The summed E-state index contributed by atoms with van der Waals surface area (Å²) in [5.74, 6) is 2.03. The number of carbonyl (C=O) groups excluding carboxylic acids is 1. The van der Waals surface area contributed by atoms with Gasteiger partial charge in [0.05, 0.1) is 6.42 Å². The standard InChI is InChI=1S/C18H23N3O2S/c1-11-7-8-15(24-11)13-9-14(13)18-20-16(21-23-18)10-17(22)19-12-5-3-2-4-6-12/h7-8,12-14H,2-6,9-10H2,1H3,(H,19,22)/t13-,14-/m1/s1. The van der Waals surface area contributed by atoms with Gasteiger partial charge in [0.2, 0.25) is 11.8 Å². The Balaban J connectivity index is 1.31. The number of amides is 1. The van der Waals surface area contributed by atoms with Gasteiger partial charge >= 0.3 is 0 Å². The summed E-state index contributed by atoms with van der Waals surface area (Å²) < 4.78 is 5.40. The molecule has 1 N–H and O–H groups in total. The van der Waals surface area contributed by atoms with E-state index in [9.17, 15) is 4.79 Å². The molecule has 0 spiro atoms. The Morgan fingerprint density at radius 1 is 1.29 bits per heavy atom. The van der Waals surface area contributed by atoms with E-state index in [-0.39, 0.29) is 12.3 Å². The molecule has 0 aromatic carbocycles. The summed E-state index contributed by atoms with van der Waals surface area (Å²) in [5, 5.41) is 7.10. The van der Waals surface area contributed by atoms with Crippen molar-refractivity contribution in [1.82, 2.24) is 15.5 Å². The smallest absolute Gasteiger partial charge is 0.230 e. The largest absolute Gasteiger partial charge is 0.353 e. The molecule has 0 aliphatic heterocycles. The molecule has 4 rings (SSSR count). The van der Waals surface area contributed by atoms with Gasteiger partial charge in [-0.3, -0.25) is 4.79 Å². The van der Waals surface area contributed by atoms with E-state index in [1.165, 1.54) is 29.0 Å². The molecule has 0 saturated heterocycles. The van der Waals surface area contributed by atoms with Gasteiger partial charge in [-0.15, -0.1) is 11.3 Å². The number of thiophene rings is 1. The normalized spacial score (nSPS) is 24.0. The summed E-state index contributed by atoms with van der Waals surface area (Å²) in [6.07, 6.45) is 7.17. The molecule has 2 aliphatic carbocycles. The first-order valence-electron chi connectivity index (χ1n) is 8.87. The molecule has 2 saturated carbocycles. The molecule has 128 valence electrons. The van der Waals surface area contributed by atoms with Gasteiger partial charge in [-0.2, -0.15) is 4.98 Å². The predicted octanol–water partition coefficient (Wildman–Crippen LogP) is 3.70. The van der Waals surface area contributed by atoms with Crippen LogP contribution in [0.25, 0.3) is 0 Å². The number of rotatable bonds is 5. The molecule has 2 aromatic heterocycles. The minimum absolute atomic E-state index is 0.00970. The molecule has 6 heteroatoms. The van der Waals surface area contributed by atoms with Gasteiger partial charge in [0.15, 0.2) is 5.82 Å². The maximum atomic E-state index is 12.1. The Hall–Kier alpha value is -1.69. The molecule has 2 heterocycles. The van der Waals surface area contributed by atoms with Crippen molar-refractivity contribution in [3.63, 3.8) is 0 Å². The second-order valence-corrected chi connectivity index (χ2v) is 8.34. The van der Waals surface area contributed by atoms with Crippen LogP contribution in [0.5, 0.6) is 0 Å². The first kappa shape index (κ1) is 15.8. The van der Waals surface area contributed by atoms with Crippen molar-refractivity contribution in [2.24, 2.45) is 0 Å². The molecule has 2 aromatic rings. The van der Waals surface area contributed by atoms with Crippen molar-refractivity contribution in [2.75, 3.05) is 0 Å². The average Bonchev–Trinajstić information content (AvgIpc) is 3.03. The van der Waals surface area contributed by atoms with Crippen LogP contribution in [0.4, 0.5) is 0 Å². The highest BCUT2D eigenvalue weighted by molar-refractivity contribution is 7.12. The minimum atomic E-state index is 0.00970. The van der Waals surface area contributed by atoms with E-state index in [0.717, 1.165) is 19.3 Å². The number of aryl methyl sites for hydroxylation is 1. The lowest BCUT2D eigenvalue weighted by Gasteiger charge is -2.22. The Kier molecular flexibility index (Phi) is 4.39. The molecule has 2 fully saturated rings. The van der Waals surface area contributed by atoms with Gasteiger partial charge < -0.3 is 9.84 Å². The SMILES string of the molecule is Cc1ccc([C@@H]2C[C@H]2c2nc(CC(=O)NC3CCCCC3)no2)s1. The van der Waals surface area contributed by atoms with Crippen LogP contribution in [0.1, 0.15) is 71.8 Å². The van der Waals surface area contributed by atoms with Crippen molar-refractivity contribution in [3.05, 3.63) is 33.6 Å². The van der Waals surface area contributed by atoms with E-state index in [4.69, 9.17) is 4.52 Å². The van der Waals surface area contributed by atoms with Crippen LogP contribution in [-0.2, 0) is 11.2 Å². The number of hydrogen-bond donors (Lipinski definition) is 1. The van der Waals surface area contributed by atoms with Crippen LogP contribution >= 0.6 is 11.3 Å². The lowest BCUT2D eigenvalue weighted by molar-refractivity contribution is -0.121. The Labute approximate surface area is 145 Å². The van der Waals surface area contributed by atoms with Crippen molar-refractivity contribution >= 4 is 17.2 Å². The van der Waals surface area contributed by atoms with Gasteiger partial charge in [0.25, 0.3) is 0 Å². The number of carbonyl (C=O) groups is 1. The van der Waals surface area contributed by atoms with Crippen molar-refractivity contribution in [1.29, 1.82) is 0 Å². The maximum Gasteiger partial charge on any atom is 0.230 e. The van der Waals surface area contributed by atoms with Crippen LogP contribution in [0.3, 0.4) is 0 Å². The summed E-state index contributed by atoms with van der Waals surface area (Å²) >= 11 is 1.84. The summed E-state index contributed by atoms with van der Waals surface area (Å²) in [4.78, 5) is 19.3. The highest BCUT2D eigenvalue weighted by Gasteiger charge is 2.44. The third kappa shape index (κ3) is 3.53. The molecule has 1 amide bonds. The fraction of sp³-hybridized carbons (Fsp3) is 0.611. The van der Waals surface area contributed by atoms with Crippen LogP contribution in [0.15, 0.2) is 16.7 Å². The van der Waals surface area contributed by atoms with Crippen molar-refractivity contribution in [2.45, 2.75) is 69.7 Å². The third-order valence-electron chi connectivity index (χ3n) is 5.01. The van der Waals surface area contributed by atoms with Gasteiger partial charge in [-0.25, -0.2) is 0 Å². The molecular formula is C18H23N3O2S. The molecule has 0 bridgehead atoms. The monoisotopic (exact) mass is 345 g/mol. The van der Waals surface area contributed by atoms with Gasteiger partial charge in [0.1, 0.15) is 0 Å². The quantitative estimate of drug-likeness (QED) is 0.897. The second kappa shape index (κ2) is 6.67. The lowest BCUT2D eigenvalue weighted by atomic mass is 9.95. The number of nitrogens with one attached hydrogen (secondary N) is 1. The predicted molar refractivity (Wildman–Crippen MR) is 92.2 cm³/mol. The average molecular weight is 345 g/mol. The van der Waals surface area contributed by atoms with Gasteiger partial charge in [0, 0.05) is 27.6 Å². The first-order valence-corrected chi connectivity index (χ1v) is 9.69. The summed E-state index contributed by atoms with van der Waals surface area (Å²) in [7, 11) is 0. The van der Waals surface area contributed by atoms with E-state index in [2.05, 4.69) is 34.5 Å². The van der Waals surface area contributed by atoms with Gasteiger partial charge in [-0.1, -0.05) is 24.4 Å². The lowest BCUT2D eigenvalue weighted by Crippen LogP contribution is -2.37. The van der Waals surface area contributed by atoms with Gasteiger partial charge in [-0.05, 0) is 38.3 Å². The van der Waals surface area contributed by atoms with Crippen LogP contribution in [0, 0.1) is 6.92 Å². The van der Waals surface area contributed by atoms with E-state index >= 15 is 0 Å². The highest BCUT2D eigenvalue weighted by atomic mass is 32.1. The molecule has 0 unspecified atom stereocenters. The fourth-order valence-electron chi connectivity index (χ4n) is 3.59. The molecular weight excluding hydrogens is 322 g/mol. The zero-order chi connectivity index (χ0) is 16.5. The van der Waals surface area contributed by atoms with E-state index in [1.54, 1.807) is 0 Å². The Morgan fingerprint density at radius 3 is 2.88 bits per heavy atom. The molecule has 5 nitrogen and oxygen atoms in total. The fourth-order valence-corrected chi connectivity index (χ4v) is 4.65. The highest BCUT2D eigenvalue weighted by Crippen LogP contribution is 2.55. The molecule has 2 aliphatic rings. The second-order valence-electron chi connectivity index (χ2n) is 7.03. The van der Waals surface area contributed by atoms with E-state index in [0.29, 0.717) is 29.6 Å². The summed E-state index contributed by atoms with van der Waals surface area (Å²) in [6.45, 7) is 2.13. The molecule has 2 atom stereocenters. The van der Waals surface area contributed by atoms with E-state index in [1.807, 2.05) is 11.3 Å². The Bertz CT molecular complexity index is 717. The number of hydrogen-bond acceptors (Lipinski definition) is 5. The molecule has 24 heavy (non-hydrogen) atoms. The van der Waals surface area contributed by atoms with Crippen LogP contribution in [-0.4, -0.2) is 22.1 Å². The van der Waals surface area contributed by atoms with Crippen molar-refractivity contribution < 1.29 is 9.32 Å². The first-order chi connectivity index (χ1) is 11.7. The van der Waals surface area contributed by atoms with Crippen molar-refractivity contribution in [3.8, 4) is 0 Å².